The van der Waals surface area contributed by atoms with Gasteiger partial charge in [0, 0.05) is 23.3 Å². The standard InChI is InChI=1S/C16H12N4O6S2/c17-28(24,25)13-6-4-10(5-7-13)15-18-19-16(26-15)27-9-14(21)11-2-1-3-12(8-11)20(22)23/h1-8H,9H2,(H2,17,24,25). The third-order valence-corrected chi connectivity index (χ3v) is 5.29. The Labute approximate surface area is 163 Å². The molecule has 144 valence electrons. The lowest BCUT2D eigenvalue weighted by molar-refractivity contribution is -0.384. The lowest BCUT2D eigenvalue weighted by Gasteiger charge is -1.99. The number of nitro benzene ring substituents is 1. The van der Waals surface area contributed by atoms with Crippen molar-refractivity contribution in [1.82, 2.24) is 10.2 Å². The van der Waals surface area contributed by atoms with Gasteiger partial charge in [-0.1, -0.05) is 23.9 Å². The highest BCUT2D eigenvalue weighted by Crippen LogP contribution is 2.25. The molecule has 12 heteroatoms. The fourth-order valence-electron chi connectivity index (χ4n) is 2.18. The lowest BCUT2D eigenvalue weighted by Crippen LogP contribution is -2.11. The molecule has 0 saturated carbocycles. The van der Waals surface area contributed by atoms with Crippen molar-refractivity contribution in [1.29, 1.82) is 0 Å². The second-order valence-electron chi connectivity index (χ2n) is 5.46. The second-order valence-corrected chi connectivity index (χ2v) is 7.95. The second kappa shape index (κ2) is 7.88. The molecule has 2 N–H and O–H groups in total. The molecule has 0 bridgehead atoms. The zero-order valence-electron chi connectivity index (χ0n) is 14.0. The molecule has 3 rings (SSSR count). The number of hydrogen-bond acceptors (Lipinski definition) is 9. The van der Waals surface area contributed by atoms with Crippen molar-refractivity contribution in [2.45, 2.75) is 10.1 Å². The minimum Gasteiger partial charge on any atom is -0.411 e. The van der Waals surface area contributed by atoms with E-state index in [-0.39, 0.29) is 38.8 Å². The number of benzene rings is 2. The predicted octanol–water partition coefficient (Wildman–Crippen LogP) is 2.27. The van der Waals surface area contributed by atoms with Crippen molar-refractivity contribution < 1.29 is 22.6 Å². The van der Waals surface area contributed by atoms with Crippen LogP contribution in [0, 0.1) is 10.1 Å². The minimum absolute atomic E-state index is 0.0482. The molecule has 0 amide bonds. The van der Waals surface area contributed by atoms with E-state index in [4.69, 9.17) is 9.56 Å². The summed E-state index contributed by atoms with van der Waals surface area (Å²) >= 11 is 0.985. The highest BCUT2D eigenvalue weighted by molar-refractivity contribution is 7.99. The van der Waals surface area contributed by atoms with Gasteiger partial charge in [0.05, 0.1) is 15.6 Å². The summed E-state index contributed by atoms with van der Waals surface area (Å²) in [6, 6.07) is 11.0. The van der Waals surface area contributed by atoms with E-state index in [1.165, 1.54) is 48.5 Å². The Balaban J connectivity index is 1.67. The van der Waals surface area contributed by atoms with Gasteiger partial charge < -0.3 is 4.42 Å². The zero-order valence-corrected chi connectivity index (χ0v) is 15.6. The van der Waals surface area contributed by atoms with E-state index in [0.29, 0.717) is 5.56 Å². The van der Waals surface area contributed by atoms with Crippen LogP contribution in [0.15, 0.2) is 63.1 Å². The molecule has 1 heterocycles. The van der Waals surface area contributed by atoms with Crippen molar-refractivity contribution >= 4 is 33.3 Å². The molecule has 1 aromatic heterocycles. The van der Waals surface area contributed by atoms with Crippen LogP contribution in [0.4, 0.5) is 5.69 Å². The number of nitrogens with two attached hydrogens (primary N) is 1. The molecular formula is C16H12N4O6S2. The van der Waals surface area contributed by atoms with E-state index < -0.39 is 14.9 Å². The van der Waals surface area contributed by atoms with Crippen molar-refractivity contribution in [3.63, 3.8) is 0 Å². The molecule has 3 aromatic rings. The van der Waals surface area contributed by atoms with Crippen LogP contribution in [0.2, 0.25) is 0 Å². The number of thioether (sulfide) groups is 1. The molecular weight excluding hydrogens is 408 g/mol. The third kappa shape index (κ3) is 4.60. The predicted molar refractivity (Wildman–Crippen MR) is 99.3 cm³/mol. The van der Waals surface area contributed by atoms with E-state index >= 15 is 0 Å². The van der Waals surface area contributed by atoms with Crippen molar-refractivity contribution in [2.75, 3.05) is 5.75 Å². The molecule has 28 heavy (non-hydrogen) atoms. The molecule has 0 aliphatic carbocycles. The van der Waals surface area contributed by atoms with E-state index in [9.17, 15) is 23.3 Å². The van der Waals surface area contributed by atoms with Crippen LogP contribution in [0.3, 0.4) is 0 Å². The molecule has 0 radical (unpaired) electrons. The van der Waals surface area contributed by atoms with Crippen molar-refractivity contribution in [3.8, 4) is 11.5 Å². The van der Waals surface area contributed by atoms with Gasteiger partial charge in [-0.25, -0.2) is 13.6 Å². The van der Waals surface area contributed by atoms with E-state index in [2.05, 4.69) is 10.2 Å². The minimum atomic E-state index is -3.80. The molecule has 0 fully saturated rings. The topological polar surface area (TPSA) is 159 Å². The summed E-state index contributed by atoms with van der Waals surface area (Å²) in [5.74, 6) is -0.232. The van der Waals surface area contributed by atoms with Crippen molar-refractivity contribution in [2.24, 2.45) is 5.14 Å². The van der Waals surface area contributed by atoms with E-state index in [1.54, 1.807) is 0 Å². The summed E-state index contributed by atoms with van der Waals surface area (Å²) in [5, 5.41) is 23.6. The molecule has 0 unspecified atom stereocenters. The number of Topliss-reactive ketones (excluding diaryl/α,β-unsaturated/α-hetero) is 1. The molecule has 0 atom stereocenters. The van der Waals surface area contributed by atoms with Crippen LogP contribution in [0.25, 0.3) is 11.5 Å². The van der Waals surface area contributed by atoms with Crippen molar-refractivity contribution in [3.05, 3.63) is 64.2 Å². The van der Waals surface area contributed by atoms with Gasteiger partial charge in [-0.15, -0.1) is 10.2 Å². The summed E-state index contributed by atoms with van der Waals surface area (Å²) in [7, 11) is -3.80. The number of non-ortho nitro benzene ring substituents is 1. The number of hydrogen-bond donors (Lipinski definition) is 1. The van der Waals surface area contributed by atoms with Crippen LogP contribution in [0.5, 0.6) is 0 Å². The maximum Gasteiger partial charge on any atom is 0.277 e. The third-order valence-electron chi connectivity index (χ3n) is 3.54. The smallest absolute Gasteiger partial charge is 0.277 e. The van der Waals surface area contributed by atoms with Gasteiger partial charge in [0.1, 0.15) is 0 Å². The van der Waals surface area contributed by atoms with Crippen LogP contribution < -0.4 is 5.14 Å². The number of sulfonamides is 1. The van der Waals surface area contributed by atoms with Gasteiger partial charge in [0.15, 0.2) is 5.78 Å². The largest absolute Gasteiger partial charge is 0.411 e. The summed E-state index contributed by atoms with van der Waals surface area (Å²) in [6.45, 7) is 0. The van der Waals surface area contributed by atoms with Gasteiger partial charge in [-0.05, 0) is 24.3 Å². The van der Waals surface area contributed by atoms with Gasteiger partial charge in [0.25, 0.3) is 10.9 Å². The molecule has 10 nitrogen and oxygen atoms in total. The molecule has 2 aromatic carbocycles. The van der Waals surface area contributed by atoms with E-state index in [0.717, 1.165) is 11.8 Å². The number of carbonyl (C=O) groups excluding carboxylic acids is 1. The number of ketones is 1. The van der Waals surface area contributed by atoms with Gasteiger partial charge in [-0.3, -0.25) is 14.9 Å². The Hall–Kier alpha value is -3.09. The molecule has 0 saturated heterocycles. The van der Waals surface area contributed by atoms with Gasteiger partial charge >= 0.3 is 0 Å². The Morgan fingerprint density at radius 1 is 1.18 bits per heavy atom. The van der Waals surface area contributed by atoms with Crippen LogP contribution in [-0.2, 0) is 10.0 Å². The van der Waals surface area contributed by atoms with E-state index in [1.807, 2.05) is 0 Å². The number of nitro groups is 1. The summed E-state index contributed by atoms with van der Waals surface area (Å²) in [4.78, 5) is 22.4. The zero-order chi connectivity index (χ0) is 20.3. The summed E-state index contributed by atoms with van der Waals surface area (Å²) in [6.07, 6.45) is 0. The first-order chi connectivity index (χ1) is 13.2. The Morgan fingerprint density at radius 3 is 2.54 bits per heavy atom. The summed E-state index contributed by atoms with van der Waals surface area (Å²) < 4.78 is 28.0. The van der Waals surface area contributed by atoms with Crippen LogP contribution in [0.1, 0.15) is 10.4 Å². The van der Waals surface area contributed by atoms with Gasteiger partial charge in [0.2, 0.25) is 15.9 Å². The monoisotopic (exact) mass is 420 g/mol. The fraction of sp³-hybridized carbons (Fsp3) is 0.0625. The maximum absolute atomic E-state index is 12.2. The molecule has 0 spiro atoms. The molecule has 0 aliphatic rings. The summed E-state index contributed by atoms with van der Waals surface area (Å²) in [5.41, 5.74) is 0.524. The Kier molecular flexibility index (Phi) is 5.53. The Morgan fingerprint density at radius 2 is 1.89 bits per heavy atom. The number of primary sulfonamides is 1. The average molecular weight is 420 g/mol. The highest BCUT2D eigenvalue weighted by Gasteiger charge is 2.15. The first-order valence-electron chi connectivity index (χ1n) is 7.61. The van der Waals surface area contributed by atoms with Crippen LogP contribution >= 0.6 is 11.8 Å². The first kappa shape index (κ1) is 19.7. The quantitative estimate of drug-likeness (QED) is 0.262. The number of carbonyl (C=O) groups is 1. The van der Waals surface area contributed by atoms with Gasteiger partial charge in [-0.2, -0.15) is 0 Å². The maximum atomic E-state index is 12.2. The Bertz CT molecular complexity index is 1140. The number of aromatic nitrogens is 2. The highest BCUT2D eigenvalue weighted by atomic mass is 32.2. The lowest BCUT2D eigenvalue weighted by atomic mass is 10.1. The first-order valence-corrected chi connectivity index (χ1v) is 10.1. The SMILES string of the molecule is NS(=O)(=O)c1ccc(-c2nnc(SCC(=O)c3cccc([N+](=O)[O-])c3)o2)cc1. The number of nitrogens with zero attached hydrogens (tertiary/aromatic N) is 3. The fourth-order valence-corrected chi connectivity index (χ4v) is 3.35. The number of rotatable bonds is 7. The average Bonchev–Trinajstić information content (AvgIpc) is 3.14. The normalized spacial score (nSPS) is 11.3. The molecule has 0 aliphatic heterocycles. The van der Waals surface area contributed by atoms with Crippen LogP contribution in [-0.4, -0.2) is 35.1 Å².